The van der Waals surface area contributed by atoms with E-state index in [1.165, 1.54) is 6.42 Å². The van der Waals surface area contributed by atoms with Gasteiger partial charge in [-0.15, -0.1) is 0 Å². The number of hydrogen-bond acceptors (Lipinski definition) is 2. The highest BCUT2D eigenvalue weighted by Gasteiger charge is 2.35. The molecule has 0 saturated heterocycles. The zero-order valence-electron chi connectivity index (χ0n) is 10.3. The second kappa shape index (κ2) is 4.88. The van der Waals surface area contributed by atoms with Gasteiger partial charge in [-0.25, -0.2) is 0 Å². The third kappa shape index (κ3) is 2.50. The molecule has 1 aromatic carbocycles. The molecule has 1 fully saturated rings. The van der Waals surface area contributed by atoms with Gasteiger partial charge in [-0.2, -0.15) is 0 Å². The molecule has 1 aliphatic rings. The Hall–Kier alpha value is -1.35. The Kier molecular flexibility index (Phi) is 3.48. The minimum atomic E-state index is 0.0165. The molecular weight excluding hydrogens is 212 g/mol. The van der Waals surface area contributed by atoms with Crippen LogP contribution in [0, 0.1) is 12.3 Å². The van der Waals surface area contributed by atoms with Gasteiger partial charge in [0.05, 0.1) is 0 Å². The molecule has 17 heavy (non-hydrogen) atoms. The molecule has 3 nitrogen and oxygen atoms in total. The number of nitrogens with one attached hydrogen (secondary N) is 1. The smallest absolute Gasteiger partial charge is 0.251 e. The van der Waals surface area contributed by atoms with Gasteiger partial charge in [0.2, 0.25) is 0 Å². The molecule has 0 radical (unpaired) electrons. The molecule has 1 aliphatic carbocycles. The first kappa shape index (κ1) is 12.1. The fourth-order valence-electron chi connectivity index (χ4n) is 2.32. The summed E-state index contributed by atoms with van der Waals surface area (Å²) in [6.07, 6.45) is 3.51. The first-order valence-electron chi connectivity index (χ1n) is 6.21. The van der Waals surface area contributed by atoms with Crippen molar-refractivity contribution in [3.05, 3.63) is 35.4 Å². The van der Waals surface area contributed by atoms with E-state index in [0.717, 1.165) is 24.0 Å². The van der Waals surface area contributed by atoms with E-state index in [4.69, 9.17) is 5.73 Å². The van der Waals surface area contributed by atoms with Crippen LogP contribution in [-0.2, 0) is 0 Å². The molecule has 0 spiro atoms. The normalized spacial score (nSPS) is 17.3. The summed E-state index contributed by atoms with van der Waals surface area (Å²) in [5.74, 6) is 0.0165. The molecule has 3 heteroatoms. The minimum Gasteiger partial charge on any atom is -0.351 e. The standard InChI is InChI=1S/C14H20N2O/c1-11-5-2-3-6-12(11)13(17)16-10-14(9-15)7-4-8-14/h2-3,5-6H,4,7-10,15H2,1H3,(H,16,17). The lowest BCUT2D eigenvalue weighted by molar-refractivity contribution is 0.0875. The number of carbonyl (C=O) groups is 1. The summed E-state index contributed by atoms with van der Waals surface area (Å²) in [7, 11) is 0. The predicted molar refractivity (Wildman–Crippen MR) is 68.9 cm³/mol. The fourth-order valence-corrected chi connectivity index (χ4v) is 2.32. The lowest BCUT2D eigenvalue weighted by Gasteiger charge is -2.41. The summed E-state index contributed by atoms with van der Waals surface area (Å²) in [6, 6.07) is 7.65. The Bertz CT molecular complexity index is 405. The van der Waals surface area contributed by atoms with Crippen LogP contribution < -0.4 is 11.1 Å². The third-order valence-corrected chi connectivity index (χ3v) is 3.86. The van der Waals surface area contributed by atoms with Gasteiger partial charge in [-0.3, -0.25) is 4.79 Å². The average molecular weight is 232 g/mol. The number of rotatable bonds is 4. The van der Waals surface area contributed by atoms with Crippen LogP contribution in [0.2, 0.25) is 0 Å². The molecule has 0 aliphatic heterocycles. The first-order chi connectivity index (χ1) is 8.17. The van der Waals surface area contributed by atoms with Gasteiger partial charge in [0.1, 0.15) is 0 Å². The Morgan fingerprint density at radius 2 is 2.12 bits per heavy atom. The highest BCUT2D eigenvalue weighted by molar-refractivity contribution is 5.95. The maximum atomic E-state index is 12.0. The van der Waals surface area contributed by atoms with Gasteiger partial charge in [-0.05, 0) is 43.4 Å². The molecule has 0 atom stereocenters. The molecule has 1 aromatic rings. The van der Waals surface area contributed by atoms with Gasteiger partial charge in [-0.1, -0.05) is 24.6 Å². The van der Waals surface area contributed by atoms with Crippen LogP contribution in [-0.4, -0.2) is 19.0 Å². The Labute approximate surface area is 102 Å². The van der Waals surface area contributed by atoms with E-state index in [1.54, 1.807) is 0 Å². The van der Waals surface area contributed by atoms with Gasteiger partial charge < -0.3 is 11.1 Å². The van der Waals surface area contributed by atoms with E-state index in [-0.39, 0.29) is 11.3 Å². The largest absolute Gasteiger partial charge is 0.351 e. The third-order valence-electron chi connectivity index (χ3n) is 3.86. The van der Waals surface area contributed by atoms with Crippen molar-refractivity contribution in [3.8, 4) is 0 Å². The predicted octanol–water partition coefficient (Wildman–Crippen LogP) is 1.85. The molecule has 2 rings (SSSR count). The second-order valence-corrected chi connectivity index (χ2v) is 5.06. The van der Waals surface area contributed by atoms with Crippen LogP contribution in [0.4, 0.5) is 0 Å². The van der Waals surface area contributed by atoms with Crippen molar-refractivity contribution in [2.45, 2.75) is 26.2 Å². The monoisotopic (exact) mass is 232 g/mol. The topological polar surface area (TPSA) is 55.1 Å². The highest BCUT2D eigenvalue weighted by Crippen LogP contribution is 2.39. The van der Waals surface area contributed by atoms with Crippen molar-refractivity contribution in [3.63, 3.8) is 0 Å². The Morgan fingerprint density at radius 3 is 2.65 bits per heavy atom. The van der Waals surface area contributed by atoms with E-state index in [2.05, 4.69) is 5.32 Å². The van der Waals surface area contributed by atoms with Crippen LogP contribution in [0.5, 0.6) is 0 Å². The van der Waals surface area contributed by atoms with Gasteiger partial charge in [0, 0.05) is 12.1 Å². The Morgan fingerprint density at radius 1 is 1.41 bits per heavy atom. The molecule has 0 unspecified atom stereocenters. The van der Waals surface area contributed by atoms with E-state index < -0.39 is 0 Å². The molecule has 0 aromatic heterocycles. The summed E-state index contributed by atoms with van der Waals surface area (Å²) in [5, 5.41) is 3.01. The van der Waals surface area contributed by atoms with E-state index in [1.807, 2.05) is 31.2 Å². The number of hydrogen-bond donors (Lipinski definition) is 2. The molecule has 1 amide bonds. The van der Waals surface area contributed by atoms with Crippen molar-refractivity contribution in [2.24, 2.45) is 11.1 Å². The van der Waals surface area contributed by atoms with E-state index in [0.29, 0.717) is 13.1 Å². The Balaban J connectivity index is 1.96. The van der Waals surface area contributed by atoms with Crippen molar-refractivity contribution in [2.75, 3.05) is 13.1 Å². The zero-order valence-corrected chi connectivity index (χ0v) is 10.3. The summed E-state index contributed by atoms with van der Waals surface area (Å²) in [5.41, 5.74) is 7.71. The van der Waals surface area contributed by atoms with Crippen molar-refractivity contribution in [1.82, 2.24) is 5.32 Å². The zero-order chi connectivity index (χ0) is 12.3. The molecule has 0 heterocycles. The summed E-state index contributed by atoms with van der Waals surface area (Å²) < 4.78 is 0. The molecular formula is C14H20N2O. The number of nitrogens with two attached hydrogens (primary N) is 1. The SMILES string of the molecule is Cc1ccccc1C(=O)NCC1(CN)CCC1. The summed E-state index contributed by atoms with van der Waals surface area (Å²) in [4.78, 5) is 12.0. The van der Waals surface area contributed by atoms with E-state index in [9.17, 15) is 4.79 Å². The number of amides is 1. The van der Waals surface area contributed by atoms with Gasteiger partial charge >= 0.3 is 0 Å². The molecule has 1 saturated carbocycles. The lowest BCUT2D eigenvalue weighted by atomic mass is 9.69. The van der Waals surface area contributed by atoms with Crippen LogP contribution in [0.15, 0.2) is 24.3 Å². The average Bonchev–Trinajstić information content (AvgIpc) is 2.28. The van der Waals surface area contributed by atoms with Crippen molar-refractivity contribution in [1.29, 1.82) is 0 Å². The maximum Gasteiger partial charge on any atom is 0.251 e. The summed E-state index contributed by atoms with van der Waals surface area (Å²) in [6.45, 7) is 3.33. The second-order valence-electron chi connectivity index (χ2n) is 5.06. The molecule has 0 bridgehead atoms. The van der Waals surface area contributed by atoms with Crippen LogP contribution in [0.1, 0.15) is 35.2 Å². The quantitative estimate of drug-likeness (QED) is 0.832. The fraction of sp³-hybridized carbons (Fsp3) is 0.500. The minimum absolute atomic E-state index is 0.0165. The molecule has 92 valence electrons. The number of benzene rings is 1. The number of aryl methyl sites for hydroxylation is 1. The van der Waals surface area contributed by atoms with Crippen molar-refractivity contribution >= 4 is 5.91 Å². The first-order valence-corrected chi connectivity index (χ1v) is 6.21. The van der Waals surface area contributed by atoms with Crippen LogP contribution >= 0.6 is 0 Å². The number of carbonyl (C=O) groups excluding carboxylic acids is 1. The summed E-state index contributed by atoms with van der Waals surface area (Å²) >= 11 is 0. The maximum absolute atomic E-state index is 12.0. The van der Waals surface area contributed by atoms with Gasteiger partial charge in [0.15, 0.2) is 0 Å². The van der Waals surface area contributed by atoms with E-state index >= 15 is 0 Å². The highest BCUT2D eigenvalue weighted by atomic mass is 16.1. The lowest BCUT2D eigenvalue weighted by Crippen LogP contribution is -2.47. The molecule has 3 N–H and O–H groups in total. The van der Waals surface area contributed by atoms with Crippen LogP contribution in [0.25, 0.3) is 0 Å². The van der Waals surface area contributed by atoms with Crippen LogP contribution in [0.3, 0.4) is 0 Å². The van der Waals surface area contributed by atoms with Gasteiger partial charge in [0.25, 0.3) is 5.91 Å². The van der Waals surface area contributed by atoms with Crippen molar-refractivity contribution < 1.29 is 4.79 Å².